The van der Waals surface area contributed by atoms with Crippen LogP contribution in [0.25, 0.3) is 27.1 Å². The number of hydrogen-bond acceptors (Lipinski definition) is 6. The summed E-state index contributed by atoms with van der Waals surface area (Å²) < 4.78 is 8.87. The molecule has 0 bridgehead atoms. The van der Waals surface area contributed by atoms with Crippen molar-refractivity contribution in [3.63, 3.8) is 0 Å². The zero-order valence-corrected chi connectivity index (χ0v) is 19.9. The van der Waals surface area contributed by atoms with Crippen LogP contribution in [0, 0.1) is 4.77 Å². The number of hydrogen-bond donors (Lipinski definition) is 2. The third-order valence-corrected chi connectivity index (χ3v) is 6.60. The number of aromatic amines is 1. The van der Waals surface area contributed by atoms with E-state index < -0.39 is 0 Å². The fraction of sp³-hybridized carbons (Fsp3) is 0.167. The van der Waals surface area contributed by atoms with E-state index in [0.717, 1.165) is 16.2 Å². The lowest BCUT2D eigenvalue weighted by Crippen LogP contribution is -2.23. The van der Waals surface area contributed by atoms with Crippen LogP contribution in [0.5, 0.6) is 0 Å². The van der Waals surface area contributed by atoms with E-state index in [0.29, 0.717) is 46.5 Å². The summed E-state index contributed by atoms with van der Waals surface area (Å²) in [5.74, 6) is -0.277. The third-order valence-electron chi connectivity index (χ3n) is 5.51. The van der Waals surface area contributed by atoms with Gasteiger partial charge in [-0.2, -0.15) is 0 Å². The molecule has 172 valence electrons. The van der Waals surface area contributed by atoms with Gasteiger partial charge in [0.15, 0.2) is 9.73 Å². The van der Waals surface area contributed by atoms with Gasteiger partial charge in [-0.05, 0) is 49.0 Å². The van der Waals surface area contributed by atoms with Crippen molar-refractivity contribution in [3.05, 3.63) is 80.9 Å². The molecule has 2 aromatic carbocycles. The number of anilines is 1. The SMILES string of the molecule is COCCCn1c(=S)[nH]c2cc(C(=O)Nc3ccc(-c4cn5ccsc5n4)cc3)ccc2c1=O. The van der Waals surface area contributed by atoms with E-state index in [4.69, 9.17) is 17.0 Å². The van der Waals surface area contributed by atoms with E-state index in [9.17, 15) is 9.59 Å². The van der Waals surface area contributed by atoms with Gasteiger partial charge in [0.1, 0.15) is 0 Å². The quantitative estimate of drug-likeness (QED) is 0.254. The van der Waals surface area contributed by atoms with Crippen molar-refractivity contribution < 1.29 is 9.53 Å². The molecule has 0 saturated heterocycles. The molecule has 0 saturated carbocycles. The van der Waals surface area contributed by atoms with Crippen molar-refractivity contribution in [2.45, 2.75) is 13.0 Å². The largest absolute Gasteiger partial charge is 0.385 e. The first kappa shape index (κ1) is 22.2. The summed E-state index contributed by atoms with van der Waals surface area (Å²) in [6.07, 6.45) is 4.62. The molecule has 2 N–H and O–H groups in total. The zero-order chi connectivity index (χ0) is 23.7. The molecule has 3 aromatic heterocycles. The first-order chi connectivity index (χ1) is 16.5. The highest BCUT2D eigenvalue weighted by Gasteiger charge is 2.12. The van der Waals surface area contributed by atoms with Gasteiger partial charge in [-0.25, -0.2) is 4.98 Å². The molecule has 34 heavy (non-hydrogen) atoms. The molecule has 0 unspecified atom stereocenters. The van der Waals surface area contributed by atoms with Gasteiger partial charge in [-0.15, -0.1) is 11.3 Å². The summed E-state index contributed by atoms with van der Waals surface area (Å²) in [4.78, 5) is 34.3. The number of methoxy groups -OCH3 is 1. The van der Waals surface area contributed by atoms with Crippen molar-refractivity contribution in [1.29, 1.82) is 0 Å². The van der Waals surface area contributed by atoms with Crippen LogP contribution in [-0.2, 0) is 11.3 Å². The molecule has 5 rings (SSSR count). The van der Waals surface area contributed by atoms with E-state index in [-0.39, 0.29) is 11.5 Å². The minimum absolute atomic E-state index is 0.184. The van der Waals surface area contributed by atoms with Crippen molar-refractivity contribution in [1.82, 2.24) is 18.9 Å². The number of carbonyl (C=O) groups excluding carboxylic acids is 1. The molecule has 10 heteroatoms. The lowest BCUT2D eigenvalue weighted by molar-refractivity contribution is 0.102. The van der Waals surface area contributed by atoms with Gasteiger partial charge < -0.3 is 15.0 Å². The number of imidazole rings is 1. The second kappa shape index (κ2) is 9.34. The van der Waals surface area contributed by atoms with Gasteiger partial charge in [0.05, 0.1) is 16.6 Å². The molecule has 0 fully saturated rings. The van der Waals surface area contributed by atoms with Gasteiger partial charge in [0.2, 0.25) is 0 Å². The van der Waals surface area contributed by atoms with Crippen LogP contribution in [0.15, 0.2) is 65.0 Å². The Morgan fingerprint density at radius 1 is 1.24 bits per heavy atom. The standard InChI is InChI=1S/C24H21N5O3S2/c1-32-11-2-9-29-22(31)18-8-5-16(13-19(18)26-23(29)33)21(30)25-17-6-3-15(4-7-17)20-14-28-10-12-34-24(28)27-20/h3-8,10,12-14H,2,9,11H2,1H3,(H,25,30)(H,26,33). The number of thiazole rings is 1. The molecule has 0 aliphatic heterocycles. The predicted octanol–water partition coefficient (Wildman–Crippen LogP) is 4.72. The van der Waals surface area contributed by atoms with Gasteiger partial charge >= 0.3 is 0 Å². The van der Waals surface area contributed by atoms with E-state index >= 15 is 0 Å². The number of aromatic nitrogens is 4. The van der Waals surface area contributed by atoms with Gasteiger partial charge in [-0.1, -0.05) is 12.1 Å². The van der Waals surface area contributed by atoms with Crippen molar-refractivity contribution in [3.8, 4) is 11.3 Å². The number of fused-ring (bicyclic) bond motifs is 2. The third kappa shape index (κ3) is 4.30. The maximum atomic E-state index is 12.8. The van der Waals surface area contributed by atoms with E-state index in [1.54, 1.807) is 36.6 Å². The molecule has 0 spiro atoms. The Morgan fingerprint density at radius 2 is 2.06 bits per heavy atom. The van der Waals surface area contributed by atoms with Gasteiger partial charge in [-0.3, -0.25) is 18.6 Å². The van der Waals surface area contributed by atoms with Crippen LogP contribution in [0.4, 0.5) is 5.69 Å². The normalized spacial score (nSPS) is 11.3. The monoisotopic (exact) mass is 491 g/mol. The Morgan fingerprint density at radius 3 is 2.82 bits per heavy atom. The van der Waals surface area contributed by atoms with Gasteiger partial charge in [0, 0.05) is 54.8 Å². The van der Waals surface area contributed by atoms with E-state index in [1.165, 1.54) is 4.57 Å². The lowest BCUT2D eigenvalue weighted by atomic mass is 10.1. The number of nitrogens with one attached hydrogen (secondary N) is 2. The minimum Gasteiger partial charge on any atom is -0.385 e. The topological polar surface area (TPSA) is 93.4 Å². The highest BCUT2D eigenvalue weighted by atomic mass is 32.1. The van der Waals surface area contributed by atoms with Crippen molar-refractivity contribution >= 4 is 51.0 Å². The number of H-pyrrole nitrogens is 1. The Balaban J connectivity index is 1.34. The second-order valence-electron chi connectivity index (χ2n) is 7.74. The van der Waals surface area contributed by atoms with Crippen LogP contribution in [0.2, 0.25) is 0 Å². The lowest BCUT2D eigenvalue weighted by Gasteiger charge is -2.10. The molecule has 0 aliphatic carbocycles. The fourth-order valence-electron chi connectivity index (χ4n) is 3.76. The summed E-state index contributed by atoms with van der Waals surface area (Å²) >= 11 is 6.94. The average Bonchev–Trinajstić information content (AvgIpc) is 3.44. The molecular formula is C24H21N5O3S2. The average molecular weight is 492 g/mol. The van der Waals surface area contributed by atoms with E-state index in [1.807, 2.05) is 46.4 Å². The predicted molar refractivity (Wildman–Crippen MR) is 136 cm³/mol. The van der Waals surface area contributed by atoms with Crippen LogP contribution < -0.4 is 10.9 Å². The Bertz CT molecular complexity index is 1580. The second-order valence-corrected chi connectivity index (χ2v) is 9.00. The number of rotatable bonds is 7. The summed E-state index contributed by atoms with van der Waals surface area (Å²) in [6.45, 7) is 1.01. The maximum absolute atomic E-state index is 12.8. The first-order valence-corrected chi connectivity index (χ1v) is 11.9. The number of carbonyl (C=O) groups is 1. The molecule has 8 nitrogen and oxygen atoms in total. The summed E-state index contributed by atoms with van der Waals surface area (Å²) in [7, 11) is 1.62. The van der Waals surface area contributed by atoms with Gasteiger partial charge in [0.25, 0.3) is 11.5 Å². The zero-order valence-electron chi connectivity index (χ0n) is 18.3. The summed E-state index contributed by atoms with van der Waals surface area (Å²) in [5.41, 5.74) is 3.28. The Kier molecular flexibility index (Phi) is 6.10. The number of benzene rings is 2. The molecule has 5 aromatic rings. The molecule has 0 atom stereocenters. The van der Waals surface area contributed by atoms with Crippen LogP contribution >= 0.6 is 23.6 Å². The molecular weight excluding hydrogens is 470 g/mol. The number of amides is 1. The van der Waals surface area contributed by atoms with Crippen LogP contribution in [-0.4, -0.2) is 38.6 Å². The number of ether oxygens (including phenoxy) is 1. The van der Waals surface area contributed by atoms with Crippen LogP contribution in [0.3, 0.4) is 0 Å². The Labute approximate surface area is 203 Å². The highest BCUT2D eigenvalue weighted by molar-refractivity contribution is 7.71. The minimum atomic E-state index is -0.277. The maximum Gasteiger partial charge on any atom is 0.262 e. The van der Waals surface area contributed by atoms with Crippen molar-refractivity contribution in [2.24, 2.45) is 0 Å². The summed E-state index contributed by atoms with van der Waals surface area (Å²) in [5, 5.41) is 5.37. The molecule has 1 amide bonds. The molecule has 3 heterocycles. The van der Waals surface area contributed by atoms with E-state index in [2.05, 4.69) is 15.3 Å². The fourth-order valence-corrected chi connectivity index (χ4v) is 4.74. The van der Waals surface area contributed by atoms with Crippen molar-refractivity contribution in [2.75, 3.05) is 19.0 Å². The number of nitrogens with zero attached hydrogens (tertiary/aromatic N) is 3. The molecule has 0 radical (unpaired) electrons. The smallest absolute Gasteiger partial charge is 0.262 e. The Hall–Kier alpha value is -3.60. The summed E-state index contributed by atoms with van der Waals surface area (Å²) in [6, 6.07) is 12.5. The molecule has 0 aliphatic rings. The van der Waals surface area contributed by atoms with Crippen LogP contribution in [0.1, 0.15) is 16.8 Å². The highest BCUT2D eigenvalue weighted by Crippen LogP contribution is 2.23. The first-order valence-electron chi connectivity index (χ1n) is 10.6.